The van der Waals surface area contributed by atoms with Crippen LogP contribution < -0.4 is 9.47 Å². The lowest BCUT2D eigenvalue weighted by Crippen LogP contribution is -2.47. The topological polar surface area (TPSA) is 27.7 Å². The van der Waals surface area contributed by atoms with Gasteiger partial charge in [-0.15, -0.1) is 0 Å². The summed E-state index contributed by atoms with van der Waals surface area (Å²) < 4.78 is 17.8. The summed E-state index contributed by atoms with van der Waals surface area (Å²) >= 11 is 0. The molecule has 3 unspecified atom stereocenters. The van der Waals surface area contributed by atoms with Gasteiger partial charge in [-0.25, -0.2) is 0 Å². The highest BCUT2D eigenvalue weighted by atomic mass is 16.6. The molecule has 0 N–H and O–H groups in total. The Bertz CT molecular complexity index is 731. The first-order valence-electron chi connectivity index (χ1n) is 9.04. The number of hydrogen-bond donors (Lipinski definition) is 0. The Morgan fingerprint density at radius 1 is 1.17 bits per heavy atom. The van der Waals surface area contributed by atoms with Crippen LogP contribution in [0.25, 0.3) is 0 Å². The molecular formula is C21H26O3. The van der Waals surface area contributed by atoms with E-state index in [2.05, 4.69) is 38.1 Å². The van der Waals surface area contributed by atoms with Crippen molar-refractivity contribution in [3.63, 3.8) is 0 Å². The third kappa shape index (κ3) is 1.78. The molecule has 0 radical (unpaired) electrons. The molecule has 1 aromatic rings. The lowest BCUT2D eigenvalue weighted by Gasteiger charge is -2.45. The molecular weight excluding hydrogens is 300 g/mol. The molecule has 3 atom stereocenters. The van der Waals surface area contributed by atoms with Crippen molar-refractivity contribution in [1.82, 2.24) is 0 Å². The standard InChI is InChI=1S/C21H26O3/c1-5-7-13-12-14-8-10-16(22-3)19-18(14)21(6-2)15(13)9-11-17(23-4)20(21)24-19/h8-11,13,20H,5-7,12H2,1-4H3. The molecule has 2 aliphatic carbocycles. The van der Waals surface area contributed by atoms with Crippen LogP contribution in [0.15, 0.2) is 35.6 Å². The van der Waals surface area contributed by atoms with Gasteiger partial charge in [0.15, 0.2) is 17.6 Å². The van der Waals surface area contributed by atoms with Crippen molar-refractivity contribution in [2.24, 2.45) is 5.92 Å². The molecule has 1 aromatic carbocycles. The van der Waals surface area contributed by atoms with Gasteiger partial charge in [0.2, 0.25) is 0 Å². The largest absolute Gasteiger partial charge is 0.497 e. The van der Waals surface area contributed by atoms with E-state index in [1.54, 1.807) is 14.2 Å². The van der Waals surface area contributed by atoms with Crippen molar-refractivity contribution in [1.29, 1.82) is 0 Å². The first kappa shape index (κ1) is 15.6. The zero-order valence-electron chi connectivity index (χ0n) is 15.0. The highest BCUT2D eigenvalue weighted by molar-refractivity contribution is 5.66. The summed E-state index contributed by atoms with van der Waals surface area (Å²) in [5.41, 5.74) is 4.19. The fraction of sp³-hybridized carbons (Fsp3) is 0.524. The minimum absolute atomic E-state index is 0.0720. The van der Waals surface area contributed by atoms with Gasteiger partial charge in [0.1, 0.15) is 5.76 Å². The van der Waals surface area contributed by atoms with E-state index in [1.807, 2.05) is 0 Å². The molecule has 24 heavy (non-hydrogen) atoms. The second-order valence-corrected chi connectivity index (χ2v) is 7.04. The van der Waals surface area contributed by atoms with Crippen molar-refractivity contribution < 1.29 is 14.2 Å². The number of hydrogen-bond acceptors (Lipinski definition) is 3. The van der Waals surface area contributed by atoms with Crippen molar-refractivity contribution in [2.45, 2.75) is 51.0 Å². The molecule has 0 fully saturated rings. The van der Waals surface area contributed by atoms with Crippen LogP contribution in [0.2, 0.25) is 0 Å². The molecule has 128 valence electrons. The smallest absolute Gasteiger partial charge is 0.169 e. The highest BCUT2D eigenvalue weighted by Gasteiger charge is 2.58. The van der Waals surface area contributed by atoms with Crippen LogP contribution in [0, 0.1) is 5.92 Å². The monoisotopic (exact) mass is 326 g/mol. The van der Waals surface area contributed by atoms with E-state index in [1.165, 1.54) is 29.5 Å². The predicted octanol–water partition coefficient (Wildman–Crippen LogP) is 4.55. The zero-order valence-corrected chi connectivity index (χ0v) is 15.0. The van der Waals surface area contributed by atoms with Gasteiger partial charge >= 0.3 is 0 Å². The lowest BCUT2D eigenvalue weighted by molar-refractivity contribution is 0.107. The van der Waals surface area contributed by atoms with E-state index in [0.717, 1.165) is 30.1 Å². The van der Waals surface area contributed by atoms with Crippen LogP contribution in [0.3, 0.4) is 0 Å². The van der Waals surface area contributed by atoms with E-state index >= 15 is 0 Å². The van der Waals surface area contributed by atoms with Crippen LogP contribution >= 0.6 is 0 Å². The summed E-state index contributed by atoms with van der Waals surface area (Å²) in [4.78, 5) is 0. The van der Waals surface area contributed by atoms with Crippen LogP contribution in [-0.2, 0) is 16.6 Å². The third-order valence-electron chi connectivity index (χ3n) is 6.09. The fourth-order valence-corrected chi connectivity index (χ4v) is 5.12. The Hall–Kier alpha value is -1.90. The van der Waals surface area contributed by atoms with Crippen molar-refractivity contribution in [2.75, 3.05) is 14.2 Å². The lowest BCUT2D eigenvalue weighted by atomic mass is 9.57. The molecule has 0 bridgehead atoms. The predicted molar refractivity (Wildman–Crippen MR) is 94.7 cm³/mol. The second-order valence-electron chi connectivity index (χ2n) is 7.04. The SMILES string of the molecule is CCCC1Cc2ccc(OC)c3c2C2(CC)C1=CC=C(OC)C2O3. The van der Waals surface area contributed by atoms with Crippen molar-refractivity contribution in [3.8, 4) is 11.5 Å². The summed E-state index contributed by atoms with van der Waals surface area (Å²) in [6.07, 6.45) is 8.87. The number of benzene rings is 1. The zero-order chi connectivity index (χ0) is 16.9. The average molecular weight is 326 g/mol. The molecule has 4 rings (SSSR count). The third-order valence-corrected chi connectivity index (χ3v) is 6.09. The first-order chi connectivity index (χ1) is 11.7. The van der Waals surface area contributed by atoms with Gasteiger partial charge in [-0.05, 0) is 42.9 Å². The molecule has 3 heteroatoms. The van der Waals surface area contributed by atoms with E-state index in [4.69, 9.17) is 14.2 Å². The van der Waals surface area contributed by atoms with Crippen LogP contribution in [-0.4, -0.2) is 20.3 Å². The number of ether oxygens (including phenoxy) is 3. The number of methoxy groups -OCH3 is 2. The summed E-state index contributed by atoms with van der Waals surface area (Å²) in [6, 6.07) is 4.30. The Morgan fingerprint density at radius 3 is 2.67 bits per heavy atom. The van der Waals surface area contributed by atoms with Gasteiger partial charge in [-0.2, -0.15) is 0 Å². The molecule has 0 spiro atoms. The molecule has 3 aliphatic rings. The van der Waals surface area contributed by atoms with Crippen LogP contribution in [0.5, 0.6) is 11.5 Å². The van der Waals surface area contributed by atoms with Gasteiger partial charge in [-0.3, -0.25) is 0 Å². The summed E-state index contributed by atoms with van der Waals surface area (Å²) in [7, 11) is 3.46. The summed E-state index contributed by atoms with van der Waals surface area (Å²) in [5, 5.41) is 0. The maximum Gasteiger partial charge on any atom is 0.169 e. The molecule has 0 saturated heterocycles. The van der Waals surface area contributed by atoms with Gasteiger partial charge < -0.3 is 14.2 Å². The molecule has 0 saturated carbocycles. The Balaban J connectivity index is 2.00. The molecule has 0 aromatic heterocycles. The van der Waals surface area contributed by atoms with Crippen molar-refractivity contribution in [3.05, 3.63) is 46.7 Å². The average Bonchev–Trinajstić information content (AvgIpc) is 2.97. The Morgan fingerprint density at radius 2 is 2.00 bits per heavy atom. The van der Waals surface area contributed by atoms with Gasteiger partial charge in [0.25, 0.3) is 0 Å². The molecule has 3 nitrogen and oxygen atoms in total. The van der Waals surface area contributed by atoms with Crippen LogP contribution in [0.4, 0.5) is 0 Å². The quantitative estimate of drug-likeness (QED) is 0.794. The van der Waals surface area contributed by atoms with E-state index in [9.17, 15) is 0 Å². The fourth-order valence-electron chi connectivity index (χ4n) is 5.12. The minimum atomic E-state index is -0.0998. The number of rotatable bonds is 5. The molecule has 1 heterocycles. The van der Waals surface area contributed by atoms with Gasteiger partial charge in [-0.1, -0.05) is 38.0 Å². The normalized spacial score (nSPS) is 29.3. The maximum absolute atomic E-state index is 6.49. The van der Waals surface area contributed by atoms with E-state index < -0.39 is 0 Å². The molecule has 0 amide bonds. The highest BCUT2D eigenvalue weighted by Crippen LogP contribution is 2.62. The van der Waals surface area contributed by atoms with Crippen LogP contribution in [0.1, 0.15) is 44.2 Å². The Labute approximate surface area is 144 Å². The minimum Gasteiger partial charge on any atom is -0.497 e. The van der Waals surface area contributed by atoms with Gasteiger partial charge in [0.05, 0.1) is 19.6 Å². The Kier molecular flexibility index (Phi) is 3.63. The van der Waals surface area contributed by atoms with Crippen molar-refractivity contribution >= 4 is 0 Å². The first-order valence-corrected chi connectivity index (χ1v) is 9.04. The summed E-state index contributed by atoms with van der Waals surface area (Å²) in [6.45, 7) is 4.55. The van der Waals surface area contributed by atoms with E-state index in [-0.39, 0.29) is 11.5 Å². The summed E-state index contributed by atoms with van der Waals surface area (Å²) in [5.74, 6) is 3.26. The second kappa shape index (κ2) is 5.58. The van der Waals surface area contributed by atoms with Gasteiger partial charge in [0, 0.05) is 5.56 Å². The maximum atomic E-state index is 6.49. The molecule has 1 aliphatic heterocycles. The van der Waals surface area contributed by atoms with E-state index in [0.29, 0.717) is 5.92 Å². The number of allylic oxidation sites excluding steroid dienone is 2.